The van der Waals surface area contributed by atoms with Crippen LogP contribution in [0.4, 0.5) is 0 Å². The Kier molecular flexibility index (Phi) is 5.75. The molecule has 3 fully saturated rings. The standard InChI is InChI=1S/C19H33NOS2/c1-18(2,3)23(21)20-14-19(12-15-4-5-15)10-8-17(9-11-19)22-13-16-6-7-16/h14-17H,4-13H2,1-3H3/t17-,19+,23?. The summed E-state index contributed by atoms with van der Waals surface area (Å²) >= 11 is 1.12. The Morgan fingerprint density at radius 3 is 2.22 bits per heavy atom. The number of nitrogens with zero attached hydrogens (tertiary/aromatic N) is 1. The van der Waals surface area contributed by atoms with Gasteiger partial charge in [0.15, 0.2) is 0 Å². The molecule has 1 unspecified atom stereocenters. The molecule has 0 spiro atoms. The first-order chi connectivity index (χ1) is 10.9. The fraction of sp³-hybridized carbons (Fsp3) is 0.947. The van der Waals surface area contributed by atoms with E-state index in [1.165, 1.54) is 63.5 Å². The fourth-order valence-corrected chi connectivity index (χ4v) is 5.57. The van der Waals surface area contributed by atoms with Crippen molar-refractivity contribution in [2.75, 3.05) is 5.75 Å². The van der Waals surface area contributed by atoms with Crippen LogP contribution in [0, 0.1) is 17.3 Å². The second-order valence-electron chi connectivity index (χ2n) is 9.08. The maximum absolute atomic E-state index is 12.3. The molecule has 0 N–H and O–H groups in total. The van der Waals surface area contributed by atoms with Gasteiger partial charge in [0.1, 0.15) is 16.1 Å². The highest BCUT2D eigenvalue weighted by Gasteiger charge is 2.40. The third-order valence-electron chi connectivity index (χ3n) is 5.53. The van der Waals surface area contributed by atoms with Crippen LogP contribution in [0.5, 0.6) is 0 Å². The van der Waals surface area contributed by atoms with E-state index in [1.807, 2.05) is 20.8 Å². The summed E-state index contributed by atoms with van der Waals surface area (Å²) in [5, 5.41) is 0.865. The molecule has 2 nitrogen and oxygen atoms in total. The summed E-state index contributed by atoms with van der Waals surface area (Å²) in [7, 11) is 0. The number of thioether (sulfide) groups is 1. The summed E-state index contributed by atoms with van der Waals surface area (Å²) in [5.41, 5.74) is 0.249. The molecule has 0 heterocycles. The van der Waals surface area contributed by atoms with Crippen LogP contribution >= 0.6 is 11.8 Å². The van der Waals surface area contributed by atoms with Gasteiger partial charge >= 0.3 is 0 Å². The average molecular weight is 356 g/mol. The molecule has 0 amide bonds. The maximum Gasteiger partial charge on any atom is 0.144 e. The van der Waals surface area contributed by atoms with Gasteiger partial charge in [-0.1, -0.05) is 17.2 Å². The van der Waals surface area contributed by atoms with E-state index in [0.29, 0.717) is 0 Å². The zero-order valence-electron chi connectivity index (χ0n) is 15.1. The molecule has 3 rings (SSSR count). The lowest BCUT2D eigenvalue weighted by Crippen LogP contribution is -2.33. The van der Waals surface area contributed by atoms with Gasteiger partial charge in [0.2, 0.25) is 0 Å². The zero-order valence-corrected chi connectivity index (χ0v) is 16.7. The quantitative estimate of drug-likeness (QED) is 0.453. The minimum absolute atomic E-state index is 0.241. The topological polar surface area (TPSA) is 35.4 Å². The molecule has 0 aromatic heterocycles. The molecular formula is C19H33NOS2. The fourth-order valence-electron chi connectivity index (χ4n) is 3.49. The van der Waals surface area contributed by atoms with E-state index in [2.05, 4.69) is 22.4 Å². The minimum Gasteiger partial charge on any atom is -0.591 e. The van der Waals surface area contributed by atoms with Crippen molar-refractivity contribution in [3.8, 4) is 0 Å². The Hall–Kier alpha value is 0.330. The van der Waals surface area contributed by atoms with Gasteiger partial charge in [-0.3, -0.25) is 0 Å². The predicted molar refractivity (Wildman–Crippen MR) is 104 cm³/mol. The Bertz CT molecular complexity index is 416. The van der Waals surface area contributed by atoms with Crippen molar-refractivity contribution in [3.63, 3.8) is 0 Å². The van der Waals surface area contributed by atoms with E-state index in [0.717, 1.165) is 17.1 Å². The largest absolute Gasteiger partial charge is 0.591 e. The van der Waals surface area contributed by atoms with Crippen LogP contribution in [0.15, 0.2) is 4.40 Å². The summed E-state index contributed by atoms with van der Waals surface area (Å²) in [4.78, 5) is 0. The third-order valence-corrected chi connectivity index (χ3v) is 8.48. The smallest absolute Gasteiger partial charge is 0.144 e. The van der Waals surface area contributed by atoms with Crippen LogP contribution in [0.25, 0.3) is 0 Å². The molecule has 3 saturated carbocycles. The normalized spacial score (nSPS) is 34.0. The van der Waals surface area contributed by atoms with Crippen LogP contribution in [0.1, 0.15) is 78.6 Å². The zero-order chi connectivity index (χ0) is 16.5. The number of hydrogen-bond donors (Lipinski definition) is 0. The molecule has 0 aromatic carbocycles. The van der Waals surface area contributed by atoms with Crippen molar-refractivity contribution < 1.29 is 4.55 Å². The summed E-state index contributed by atoms with van der Waals surface area (Å²) in [6.45, 7) is 6.04. The number of rotatable bonds is 7. The van der Waals surface area contributed by atoms with Crippen molar-refractivity contribution in [2.24, 2.45) is 21.6 Å². The van der Waals surface area contributed by atoms with Crippen molar-refractivity contribution in [1.82, 2.24) is 0 Å². The van der Waals surface area contributed by atoms with E-state index in [9.17, 15) is 4.55 Å². The first kappa shape index (κ1) is 18.1. The Morgan fingerprint density at radius 1 is 1.09 bits per heavy atom. The lowest BCUT2D eigenvalue weighted by atomic mass is 9.71. The molecule has 0 bridgehead atoms. The first-order valence-electron chi connectivity index (χ1n) is 9.45. The average Bonchev–Trinajstić information content (AvgIpc) is 3.38. The van der Waals surface area contributed by atoms with E-state index < -0.39 is 11.4 Å². The minimum atomic E-state index is -1.11. The molecule has 23 heavy (non-hydrogen) atoms. The molecule has 0 aromatic rings. The second-order valence-corrected chi connectivity index (χ2v) is 12.3. The van der Waals surface area contributed by atoms with Crippen LogP contribution in [-0.4, -0.2) is 26.5 Å². The van der Waals surface area contributed by atoms with Crippen LogP contribution in [0.3, 0.4) is 0 Å². The first-order valence-corrected chi connectivity index (χ1v) is 11.6. The molecule has 132 valence electrons. The Morgan fingerprint density at radius 2 is 1.70 bits per heavy atom. The highest BCUT2D eigenvalue weighted by molar-refractivity contribution is 7.99. The number of hydrogen-bond acceptors (Lipinski definition) is 3. The van der Waals surface area contributed by atoms with E-state index in [-0.39, 0.29) is 10.2 Å². The summed E-state index contributed by atoms with van der Waals surface area (Å²) in [6.07, 6.45) is 14.3. The molecule has 0 saturated heterocycles. The van der Waals surface area contributed by atoms with Crippen LogP contribution in [-0.2, 0) is 11.4 Å². The van der Waals surface area contributed by atoms with Gasteiger partial charge in [0.05, 0.1) is 6.21 Å². The van der Waals surface area contributed by atoms with Gasteiger partial charge < -0.3 is 4.55 Å². The molecule has 4 heteroatoms. The molecule has 3 aliphatic rings. The van der Waals surface area contributed by atoms with Crippen molar-refractivity contribution in [3.05, 3.63) is 0 Å². The van der Waals surface area contributed by atoms with Crippen LogP contribution in [0.2, 0.25) is 0 Å². The van der Waals surface area contributed by atoms with Crippen molar-refractivity contribution in [2.45, 2.75) is 88.6 Å². The highest BCUT2D eigenvalue weighted by atomic mass is 32.2. The Balaban J connectivity index is 1.55. The summed E-state index contributed by atoms with van der Waals surface area (Å²) in [6, 6.07) is 0. The summed E-state index contributed by atoms with van der Waals surface area (Å²) < 4.78 is 16.6. The van der Waals surface area contributed by atoms with Gasteiger partial charge in [-0.15, -0.1) is 0 Å². The predicted octanol–water partition coefficient (Wildman–Crippen LogP) is 5.39. The third kappa shape index (κ3) is 5.67. The molecule has 3 aliphatic carbocycles. The monoisotopic (exact) mass is 355 g/mol. The van der Waals surface area contributed by atoms with Gasteiger partial charge in [-0.25, -0.2) is 0 Å². The highest BCUT2D eigenvalue weighted by Crippen LogP contribution is 2.49. The van der Waals surface area contributed by atoms with Crippen LogP contribution < -0.4 is 0 Å². The van der Waals surface area contributed by atoms with E-state index in [1.54, 1.807) is 0 Å². The van der Waals surface area contributed by atoms with E-state index in [4.69, 9.17) is 0 Å². The molecular weight excluding hydrogens is 322 g/mol. The summed E-state index contributed by atoms with van der Waals surface area (Å²) in [5.74, 6) is 3.34. The SMILES string of the molecule is CC(C)(C)[S+]([O-])N=C[C@]1(CC2CC2)CC[C@H](SCC2CC2)CC1. The Labute approximate surface area is 150 Å². The van der Waals surface area contributed by atoms with Gasteiger partial charge in [0, 0.05) is 10.7 Å². The lowest BCUT2D eigenvalue weighted by molar-refractivity contribution is 0.264. The molecule has 1 atom stereocenters. The van der Waals surface area contributed by atoms with Crippen molar-refractivity contribution >= 4 is 29.3 Å². The van der Waals surface area contributed by atoms with E-state index >= 15 is 0 Å². The maximum atomic E-state index is 12.3. The van der Waals surface area contributed by atoms with Gasteiger partial charge in [0.25, 0.3) is 0 Å². The van der Waals surface area contributed by atoms with Crippen molar-refractivity contribution in [1.29, 1.82) is 0 Å². The molecule has 0 aliphatic heterocycles. The van der Waals surface area contributed by atoms with Gasteiger partial charge in [-0.2, -0.15) is 11.8 Å². The lowest BCUT2D eigenvalue weighted by Gasteiger charge is -2.37. The molecule has 0 radical (unpaired) electrons. The van der Waals surface area contributed by atoms with Gasteiger partial charge in [-0.05, 0) is 83.3 Å². The second kappa shape index (κ2) is 7.29.